The highest BCUT2D eigenvalue weighted by Crippen LogP contribution is 2.47. The maximum absolute atomic E-state index is 11.0. The first-order chi connectivity index (χ1) is 12.2. The minimum absolute atomic E-state index is 0.328. The van der Waals surface area contributed by atoms with Crippen molar-refractivity contribution in [2.45, 2.75) is 16.2 Å². The Morgan fingerprint density at radius 2 is 1.40 bits per heavy atom. The lowest BCUT2D eigenvalue weighted by molar-refractivity contribution is 0.0697. The Kier molecular flexibility index (Phi) is 4.20. The van der Waals surface area contributed by atoms with Crippen molar-refractivity contribution in [3.63, 3.8) is 0 Å². The lowest BCUT2D eigenvalue weighted by Crippen LogP contribution is -2.23. The Morgan fingerprint density at radius 1 is 0.840 bits per heavy atom. The molecule has 4 heteroatoms. The highest BCUT2D eigenvalue weighted by atomic mass is 32.2. The Hall–Kier alpha value is -2.72. The second kappa shape index (κ2) is 6.65. The highest BCUT2D eigenvalue weighted by Gasteiger charge is 2.22. The largest absolute Gasteiger partial charge is 0.478 e. The number of fused-ring (bicyclic) bond motifs is 2. The van der Waals surface area contributed by atoms with Gasteiger partial charge in [0, 0.05) is 16.3 Å². The van der Waals surface area contributed by atoms with Crippen molar-refractivity contribution >= 4 is 29.1 Å². The van der Waals surface area contributed by atoms with Crippen LogP contribution in [0.2, 0.25) is 0 Å². The summed E-state index contributed by atoms with van der Waals surface area (Å²) in [6, 6.07) is 24.1. The summed E-state index contributed by atoms with van der Waals surface area (Å²) < 4.78 is 0. The summed E-state index contributed by atoms with van der Waals surface area (Å²) in [6.45, 7) is 0.848. The summed E-state index contributed by atoms with van der Waals surface area (Å²) in [4.78, 5) is 15.9. The van der Waals surface area contributed by atoms with Gasteiger partial charge in [0.1, 0.15) is 0 Å². The van der Waals surface area contributed by atoms with Crippen LogP contribution in [0.15, 0.2) is 82.6 Å². The molecule has 1 N–H and O–H groups in total. The molecule has 0 fully saturated rings. The molecule has 0 radical (unpaired) electrons. The number of para-hydroxylation sites is 2. The van der Waals surface area contributed by atoms with E-state index in [0.717, 1.165) is 18.5 Å². The third-order valence-electron chi connectivity index (χ3n) is 4.36. The Labute approximate surface area is 150 Å². The summed E-state index contributed by atoms with van der Waals surface area (Å²) in [7, 11) is 0. The van der Waals surface area contributed by atoms with Gasteiger partial charge >= 0.3 is 5.97 Å². The minimum Gasteiger partial charge on any atom is -0.478 e. The van der Waals surface area contributed by atoms with Crippen molar-refractivity contribution in [1.29, 1.82) is 0 Å². The molecular formula is C21H17NO2S. The zero-order valence-corrected chi connectivity index (χ0v) is 14.4. The molecule has 25 heavy (non-hydrogen) atoms. The van der Waals surface area contributed by atoms with E-state index in [4.69, 9.17) is 5.11 Å². The molecule has 1 aliphatic heterocycles. The van der Waals surface area contributed by atoms with Crippen LogP contribution in [0.25, 0.3) is 0 Å². The van der Waals surface area contributed by atoms with Gasteiger partial charge in [0.25, 0.3) is 0 Å². The van der Waals surface area contributed by atoms with E-state index in [1.54, 1.807) is 23.9 Å². The van der Waals surface area contributed by atoms with Crippen molar-refractivity contribution in [2.75, 3.05) is 11.4 Å². The molecule has 0 aromatic heterocycles. The summed E-state index contributed by atoms with van der Waals surface area (Å²) in [6.07, 6.45) is 0.854. The Bertz CT molecular complexity index is 876. The van der Waals surface area contributed by atoms with Crippen LogP contribution in [0, 0.1) is 0 Å². The van der Waals surface area contributed by atoms with Gasteiger partial charge in [-0.05, 0) is 48.4 Å². The summed E-state index contributed by atoms with van der Waals surface area (Å²) in [5.41, 5.74) is 3.92. The van der Waals surface area contributed by atoms with E-state index in [1.807, 2.05) is 12.1 Å². The third kappa shape index (κ3) is 3.13. The van der Waals surface area contributed by atoms with E-state index in [9.17, 15) is 4.79 Å². The summed E-state index contributed by atoms with van der Waals surface area (Å²) in [5.74, 6) is -0.887. The quantitative estimate of drug-likeness (QED) is 0.701. The number of anilines is 2. The van der Waals surface area contributed by atoms with Gasteiger partial charge in [-0.1, -0.05) is 48.2 Å². The van der Waals surface area contributed by atoms with Crippen LogP contribution in [0.5, 0.6) is 0 Å². The molecule has 0 saturated carbocycles. The number of benzene rings is 3. The van der Waals surface area contributed by atoms with E-state index in [0.29, 0.717) is 5.56 Å². The van der Waals surface area contributed by atoms with Crippen molar-refractivity contribution < 1.29 is 9.90 Å². The van der Waals surface area contributed by atoms with Gasteiger partial charge in [-0.15, -0.1) is 0 Å². The molecule has 1 heterocycles. The van der Waals surface area contributed by atoms with Crippen LogP contribution >= 0.6 is 11.8 Å². The molecule has 124 valence electrons. The molecule has 0 unspecified atom stereocenters. The molecule has 3 aromatic rings. The van der Waals surface area contributed by atoms with Crippen LogP contribution in [0.3, 0.4) is 0 Å². The van der Waals surface area contributed by atoms with Gasteiger partial charge in [-0.3, -0.25) is 0 Å². The molecule has 1 aliphatic rings. The minimum atomic E-state index is -0.887. The monoisotopic (exact) mass is 347 g/mol. The molecule has 0 spiro atoms. The zero-order valence-electron chi connectivity index (χ0n) is 13.6. The van der Waals surface area contributed by atoms with E-state index in [-0.39, 0.29) is 0 Å². The number of carboxylic acids is 1. The first-order valence-electron chi connectivity index (χ1n) is 8.18. The maximum atomic E-state index is 11.0. The van der Waals surface area contributed by atoms with Crippen molar-refractivity contribution in [1.82, 2.24) is 0 Å². The predicted octanol–water partition coefficient (Wildman–Crippen LogP) is 5.23. The lowest BCUT2D eigenvalue weighted by atomic mass is 10.1. The summed E-state index contributed by atoms with van der Waals surface area (Å²) in [5, 5.41) is 9.02. The van der Waals surface area contributed by atoms with Gasteiger partial charge < -0.3 is 10.0 Å². The Morgan fingerprint density at radius 3 is 1.96 bits per heavy atom. The van der Waals surface area contributed by atoms with Crippen LogP contribution in [-0.4, -0.2) is 17.6 Å². The normalized spacial score (nSPS) is 12.4. The number of aromatic carboxylic acids is 1. The molecular weight excluding hydrogens is 330 g/mol. The molecule has 0 amide bonds. The molecule has 0 atom stereocenters. The van der Waals surface area contributed by atoms with E-state index >= 15 is 0 Å². The SMILES string of the molecule is O=C(O)c1ccc(CCN2c3ccccc3Sc3ccccc32)cc1. The van der Waals surface area contributed by atoms with Gasteiger partial charge in [-0.2, -0.15) is 0 Å². The van der Waals surface area contributed by atoms with E-state index in [2.05, 4.69) is 53.4 Å². The fraction of sp³-hybridized carbons (Fsp3) is 0.0952. The maximum Gasteiger partial charge on any atom is 0.335 e. The van der Waals surface area contributed by atoms with Crippen molar-refractivity contribution in [3.05, 3.63) is 83.9 Å². The number of hydrogen-bond donors (Lipinski definition) is 1. The fourth-order valence-electron chi connectivity index (χ4n) is 3.08. The molecule has 3 aromatic carbocycles. The van der Waals surface area contributed by atoms with E-state index < -0.39 is 5.97 Å². The van der Waals surface area contributed by atoms with Gasteiger partial charge in [0.15, 0.2) is 0 Å². The molecule has 4 rings (SSSR count). The first-order valence-corrected chi connectivity index (χ1v) is 9.00. The van der Waals surface area contributed by atoms with Gasteiger partial charge in [-0.25, -0.2) is 4.79 Å². The second-order valence-electron chi connectivity index (χ2n) is 5.94. The Balaban J connectivity index is 1.61. The van der Waals surface area contributed by atoms with Crippen molar-refractivity contribution in [2.24, 2.45) is 0 Å². The number of carbonyl (C=O) groups is 1. The molecule has 0 bridgehead atoms. The van der Waals surface area contributed by atoms with E-state index in [1.165, 1.54) is 21.2 Å². The topological polar surface area (TPSA) is 40.5 Å². The average Bonchev–Trinajstić information content (AvgIpc) is 2.65. The lowest BCUT2D eigenvalue weighted by Gasteiger charge is -2.32. The fourth-order valence-corrected chi connectivity index (χ4v) is 4.17. The second-order valence-corrected chi connectivity index (χ2v) is 7.03. The molecule has 0 saturated heterocycles. The number of carboxylic acid groups (broad SMARTS) is 1. The number of nitrogens with zero attached hydrogens (tertiary/aromatic N) is 1. The van der Waals surface area contributed by atoms with Crippen LogP contribution in [0.4, 0.5) is 11.4 Å². The van der Waals surface area contributed by atoms with Gasteiger partial charge in [0.2, 0.25) is 0 Å². The number of hydrogen-bond acceptors (Lipinski definition) is 3. The van der Waals surface area contributed by atoms with Crippen LogP contribution in [-0.2, 0) is 6.42 Å². The average molecular weight is 347 g/mol. The predicted molar refractivity (Wildman–Crippen MR) is 101 cm³/mol. The van der Waals surface area contributed by atoms with Crippen LogP contribution < -0.4 is 4.90 Å². The van der Waals surface area contributed by atoms with Crippen LogP contribution in [0.1, 0.15) is 15.9 Å². The molecule has 0 aliphatic carbocycles. The standard InChI is InChI=1S/C21H17NO2S/c23-21(24)16-11-9-15(10-12-16)13-14-22-17-5-1-3-7-19(17)25-20-8-4-2-6-18(20)22/h1-12H,13-14H2,(H,23,24). The summed E-state index contributed by atoms with van der Waals surface area (Å²) >= 11 is 1.81. The van der Waals surface area contributed by atoms with Gasteiger partial charge in [0.05, 0.1) is 16.9 Å². The highest BCUT2D eigenvalue weighted by molar-refractivity contribution is 7.99. The smallest absolute Gasteiger partial charge is 0.335 e. The number of rotatable bonds is 4. The molecule has 3 nitrogen and oxygen atoms in total. The zero-order chi connectivity index (χ0) is 17.2. The first kappa shape index (κ1) is 15.8. The van der Waals surface area contributed by atoms with Crippen molar-refractivity contribution in [3.8, 4) is 0 Å². The third-order valence-corrected chi connectivity index (χ3v) is 5.49.